The number of nitro groups is 1. The zero-order valence-electron chi connectivity index (χ0n) is 12.2. The fourth-order valence-corrected chi connectivity index (χ4v) is 1.95. The van der Waals surface area contributed by atoms with E-state index in [1.807, 2.05) is 0 Å². The predicted octanol–water partition coefficient (Wildman–Crippen LogP) is 0.970. The molecule has 9 heteroatoms. The van der Waals surface area contributed by atoms with Crippen LogP contribution in [0.3, 0.4) is 0 Å². The molecule has 1 amide bonds. The second kappa shape index (κ2) is 7.90. The van der Waals surface area contributed by atoms with Crippen molar-refractivity contribution in [2.75, 3.05) is 18.4 Å². The number of amides is 1. The first-order valence-electron chi connectivity index (χ1n) is 6.98. The van der Waals surface area contributed by atoms with Crippen LogP contribution >= 0.6 is 0 Å². The molecule has 1 heterocycles. The van der Waals surface area contributed by atoms with Gasteiger partial charge >= 0.3 is 0 Å². The standard InChI is InChI=1S/C14H17N5O4/c20-13(11-7-15-9-18-11)8-17-14(21)5-6-16-10-3-1-2-4-12(10)19(22)23/h1-4,7,9,13,16,20H,5-6,8H2,(H,15,18)(H,17,21). The SMILES string of the molecule is O=C(CCNc1ccccc1[N+](=O)[O-])NCC(O)c1cnc[nH]1. The van der Waals surface area contributed by atoms with Crippen LogP contribution in [0, 0.1) is 10.1 Å². The molecule has 1 atom stereocenters. The fraction of sp³-hybridized carbons (Fsp3) is 0.286. The quantitative estimate of drug-likeness (QED) is 0.423. The van der Waals surface area contributed by atoms with Crippen molar-refractivity contribution in [3.05, 3.63) is 52.6 Å². The van der Waals surface area contributed by atoms with Crippen LogP contribution in [0.4, 0.5) is 11.4 Å². The Morgan fingerprint density at radius 1 is 1.43 bits per heavy atom. The molecular formula is C14H17N5O4. The van der Waals surface area contributed by atoms with Gasteiger partial charge in [-0.15, -0.1) is 0 Å². The number of nitrogens with one attached hydrogen (secondary N) is 3. The number of anilines is 1. The van der Waals surface area contributed by atoms with Gasteiger partial charge in [0.2, 0.25) is 5.91 Å². The third-order valence-corrected chi connectivity index (χ3v) is 3.14. The first-order chi connectivity index (χ1) is 11.1. The summed E-state index contributed by atoms with van der Waals surface area (Å²) in [4.78, 5) is 28.6. The summed E-state index contributed by atoms with van der Waals surface area (Å²) in [5.41, 5.74) is 0.841. The van der Waals surface area contributed by atoms with Crippen molar-refractivity contribution in [3.8, 4) is 0 Å². The summed E-state index contributed by atoms with van der Waals surface area (Å²) in [6.45, 7) is 0.309. The molecule has 0 spiro atoms. The molecule has 1 aromatic heterocycles. The van der Waals surface area contributed by atoms with Crippen LogP contribution in [-0.2, 0) is 4.79 Å². The van der Waals surface area contributed by atoms with Crippen molar-refractivity contribution in [3.63, 3.8) is 0 Å². The summed E-state index contributed by atoms with van der Waals surface area (Å²) >= 11 is 0. The number of aliphatic hydroxyl groups is 1. The van der Waals surface area contributed by atoms with E-state index in [0.717, 1.165) is 0 Å². The maximum Gasteiger partial charge on any atom is 0.292 e. The number of carbonyl (C=O) groups is 1. The number of carbonyl (C=O) groups excluding carboxylic acids is 1. The Kier molecular flexibility index (Phi) is 5.64. The first-order valence-corrected chi connectivity index (χ1v) is 6.98. The Hall–Kier alpha value is -2.94. The molecule has 0 aliphatic rings. The summed E-state index contributed by atoms with van der Waals surface area (Å²) in [7, 11) is 0. The third-order valence-electron chi connectivity index (χ3n) is 3.14. The number of benzene rings is 1. The molecule has 23 heavy (non-hydrogen) atoms. The molecule has 0 radical (unpaired) electrons. The van der Waals surface area contributed by atoms with E-state index in [-0.39, 0.29) is 31.1 Å². The van der Waals surface area contributed by atoms with E-state index >= 15 is 0 Å². The third kappa shape index (κ3) is 4.78. The van der Waals surface area contributed by atoms with Crippen LogP contribution in [0.5, 0.6) is 0 Å². The number of aromatic nitrogens is 2. The number of rotatable bonds is 8. The fourth-order valence-electron chi connectivity index (χ4n) is 1.95. The van der Waals surface area contributed by atoms with E-state index in [1.165, 1.54) is 18.6 Å². The Morgan fingerprint density at radius 3 is 2.91 bits per heavy atom. The zero-order valence-corrected chi connectivity index (χ0v) is 12.2. The molecular weight excluding hydrogens is 302 g/mol. The van der Waals surface area contributed by atoms with Crippen LogP contribution in [-0.4, -0.2) is 39.0 Å². The number of aromatic amines is 1. The van der Waals surface area contributed by atoms with Gasteiger partial charge in [0, 0.05) is 25.6 Å². The minimum absolute atomic E-state index is 0.0393. The molecule has 1 aromatic carbocycles. The molecule has 0 aliphatic carbocycles. The van der Waals surface area contributed by atoms with Gasteiger partial charge in [0.15, 0.2) is 0 Å². The lowest BCUT2D eigenvalue weighted by Gasteiger charge is -2.11. The smallest absolute Gasteiger partial charge is 0.292 e. The Bertz CT molecular complexity index is 659. The van der Waals surface area contributed by atoms with Crippen LogP contribution in [0.15, 0.2) is 36.8 Å². The molecule has 0 saturated heterocycles. The Balaban J connectivity index is 1.74. The normalized spacial score (nSPS) is 11.7. The number of nitro benzene ring substituents is 1. The second-order valence-corrected chi connectivity index (χ2v) is 4.78. The monoisotopic (exact) mass is 319 g/mol. The number of para-hydroxylation sites is 2. The van der Waals surface area contributed by atoms with Crippen molar-refractivity contribution in [1.29, 1.82) is 0 Å². The van der Waals surface area contributed by atoms with Crippen LogP contribution in [0.25, 0.3) is 0 Å². The lowest BCUT2D eigenvalue weighted by Crippen LogP contribution is -2.29. The van der Waals surface area contributed by atoms with E-state index in [1.54, 1.807) is 18.2 Å². The van der Waals surface area contributed by atoms with E-state index < -0.39 is 11.0 Å². The summed E-state index contributed by atoms with van der Waals surface area (Å²) < 4.78 is 0. The number of aliphatic hydroxyl groups excluding tert-OH is 1. The summed E-state index contributed by atoms with van der Waals surface area (Å²) in [6, 6.07) is 6.23. The maximum absolute atomic E-state index is 11.7. The lowest BCUT2D eigenvalue weighted by atomic mass is 10.2. The lowest BCUT2D eigenvalue weighted by molar-refractivity contribution is -0.384. The number of hydrogen-bond acceptors (Lipinski definition) is 6. The molecule has 0 aliphatic heterocycles. The van der Waals surface area contributed by atoms with Gasteiger partial charge in [-0.1, -0.05) is 12.1 Å². The average Bonchev–Trinajstić information content (AvgIpc) is 3.07. The van der Waals surface area contributed by atoms with Crippen molar-refractivity contribution in [2.24, 2.45) is 0 Å². The van der Waals surface area contributed by atoms with Crippen LogP contribution in [0.2, 0.25) is 0 Å². The predicted molar refractivity (Wildman–Crippen MR) is 82.8 cm³/mol. The van der Waals surface area contributed by atoms with E-state index in [2.05, 4.69) is 20.6 Å². The molecule has 2 aromatic rings. The molecule has 0 fully saturated rings. The van der Waals surface area contributed by atoms with E-state index in [0.29, 0.717) is 11.4 Å². The average molecular weight is 319 g/mol. The summed E-state index contributed by atoms with van der Waals surface area (Å²) in [5.74, 6) is -0.269. The minimum atomic E-state index is -0.857. The molecule has 1 unspecified atom stereocenters. The summed E-state index contributed by atoms with van der Waals surface area (Å²) in [5, 5.41) is 26.1. The van der Waals surface area contributed by atoms with Gasteiger partial charge in [-0.3, -0.25) is 14.9 Å². The Labute approximate surface area is 131 Å². The zero-order chi connectivity index (χ0) is 16.7. The highest BCUT2D eigenvalue weighted by Gasteiger charge is 2.13. The molecule has 0 bridgehead atoms. The molecule has 0 saturated carbocycles. The van der Waals surface area contributed by atoms with E-state index in [4.69, 9.17) is 0 Å². The molecule has 9 nitrogen and oxygen atoms in total. The van der Waals surface area contributed by atoms with Crippen LogP contribution < -0.4 is 10.6 Å². The number of hydrogen-bond donors (Lipinski definition) is 4. The van der Waals surface area contributed by atoms with Crippen LogP contribution in [0.1, 0.15) is 18.2 Å². The summed E-state index contributed by atoms with van der Waals surface area (Å²) in [6.07, 6.45) is 2.19. The van der Waals surface area contributed by atoms with Gasteiger partial charge in [-0.05, 0) is 6.07 Å². The van der Waals surface area contributed by atoms with E-state index in [9.17, 15) is 20.0 Å². The molecule has 122 valence electrons. The number of nitrogens with zero attached hydrogens (tertiary/aromatic N) is 2. The van der Waals surface area contributed by atoms with Crippen molar-refractivity contribution in [2.45, 2.75) is 12.5 Å². The second-order valence-electron chi connectivity index (χ2n) is 4.78. The number of imidazole rings is 1. The van der Waals surface area contributed by atoms with Crippen molar-refractivity contribution >= 4 is 17.3 Å². The largest absolute Gasteiger partial charge is 0.385 e. The highest BCUT2D eigenvalue weighted by atomic mass is 16.6. The number of H-pyrrole nitrogens is 1. The topological polar surface area (TPSA) is 133 Å². The first kappa shape index (κ1) is 16.4. The molecule has 4 N–H and O–H groups in total. The Morgan fingerprint density at radius 2 is 2.22 bits per heavy atom. The van der Waals surface area contributed by atoms with Gasteiger partial charge < -0.3 is 20.7 Å². The highest BCUT2D eigenvalue weighted by molar-refractivity contribution is 5.76. The van der Waals surface area contributed by atoms with Gasteiger partial charge in [0.25, 0.3) is 5.69 Å². The maximum atomic E-state index is 11.7. The van der Waals surface area contributed by atoms with Crippen molar-refractivity contribution < 1.29 is 14.8 Å². The van der Waals surface area contributed by atoms with Gasteiger partial charge in [-0.2, -0.15) is 0 Å². The highest BCUT2D eigenvalue weighted by Crippen LogP contribution is 2.22. The minimum Gasteiger partial charge on any atom is -0.385 e. The van der Waals surface area contributed by atoms with Gasteiger partial charge in [-0.25, -0.2) is 4.98 Å². The van der Waals surface area contributed by atoms with Crippen molar-refractivity contribution in [1.82, 2.24) is 15.3 Å². The van der Waals surface area contributed by atoms with Gasteiger partial charge in [0.05, 0.1) is 23.1 Å². The van der Waals surface area contributed by atoms with Gasteiger partial charge in [0.1, 0.15) is 11.8 Å². The molecule has 2 rings (SSSR count).